The second kappa shape index (κ2) is 3.29. The molecule has 2 aromatic rings. The third-order valence-electron chi connectivity index (χ3n) is 1.65. The number of nitrogens with two attached hydrogens (primary N) is 1. The van der Waals surface area contributed by atoms with Crippen LogP contribution in [0, 0.1) is 6.07 Å². The minimum Gasteiger partial charge on any atom is -0.364 e. The van der Waals surface area contributed by atoms with Crippen molar-refractivity contribution in [1.82, 2.24) is 14.8 Å². The molecular weight excluding hydrogens is 180 g/mol. The highest BCUT2D eigenvalue weighted by molar-refractivity contribution is 5.90. The molecule has 0 fully saturated rings. The maximum absolute atomic E-state index is 10.7. The van der Waals surface area contributed by atoms with E-state index in [-0.39, 0.29) is 5.69 Å². The van der Waals surface area contributed by atoms with Gasteiger partial charge in [0.15, 0.2) is 11.5 Å². The molecule has 5 heteroatoms. The molecule has 1 radical (unpaired) electrons. The zero-order valence-corrected chi connectivity index (χ0v) is 7.21. The summed E-state index contributed by atoms with van der Waals surface area (Å²) in [5, 5.41) is 3.90. The van der Waals surface area contributed by atoms with E-state index >= 15 is 0 Å². The standard InChI is InChI=1S/C9H7N4O/c10-9(14)7-4-6-13(12-7)8-3-1-2-5-11-8/h1-3,5-6H,(H2,10,14). The van der Waals surface area contributed by atoms with Crippen molar-refractivity contribution >= 4 is 5.91 Å². The van der Waals surface area contributed by atoms with Crippen LogP contribution in [0.25, 0.3) is 5.82 Å². The smallest absolute Gasteiger partial charge is 0.269 e. The third-order valence-corrected chi connectivity index (χ3v) is 1.65. The van der Waals surface area contributed by atoms with Crippen LogP contribution in [0.3, 0.4) is 0 Å². The summed E-state index contributed by atoms with van der Waals surface area (Å²) in [5.41, 5.74) is 5.15. The average Bonchev–Trinajstić information content (AvgIpc) is 2.68. The Morgan fingerprint density at radius 2 is 2.36 bits per heavy atom. The van der Waals surface area contributed by atoms with Gasteiger partial charge >= 0.3 is 0 Å². The van der Waals surface area contributed by atoms with E-state index in [0.717, 1.165) is 0 Å². The molecule has 0 aliphatic heterocycles. The highest BCUT2D eigenvalue weighted by Gasteiger charge is 2.06. The third kappa shape index (κ3) is 1.47. The first-order valence-electron chi connectivity index (χ1n) is 3.96. The number of rotatable bonds is 2. The molecule has 2 N–H and O–H groups in total. The fourth-order valence-corrected chi connectivity index (χ4v) is 1.01. The number of aromatic nitrogens is 3. The maximum atomic E-state index is 10.7. The van der Waals surface area contributed by atoms with Crippen LogP contribution in [0.4, 0.5) is 0 Å². The lowest BCUT2D eigenvalue weighted by atomic mass is 10.4. The second-order valence-electron chi connectivity index (χ2n) is 2.62. The van der Waals surface area contributed by atoms with Gasteiger partial charge in [0.1, 0.15) is 0 Å². The van der Waals surface area contributed by atoms with Gasteiger partial charge in [0.05, 0.1) is 0 Å². The Bertz CT molecular complexity index is 449. The lowest BCUT2D eigenvalue weighted by molar-refractivity contribution is 0.0995. The minimum absolute atomic E-state index is 0.107. The first-order valence-corrected chi connectivity index (χ1v) is 3.96. The quantitative estimate of drug-likeness (QED) is 0.728. The van der Waals surface area contributed by atoms with Gasteiger partial charge < -0.3 is 5.73 Å². The summed E-state index contributed by atoms with van der Waals surface area (Å²) in [6.45, 7) is 0. The van der Waals surface area contributed by atoms with E-state index in [1.54, 1.807) is 18.3 Å². The van der Waals surface area contributed by atoms with E-state index in [1.165, 1.54) is 10.9 Å². The molecule has 14 heavy (non-hydrogen) atoms. The number of primary amides is 1. The molecule has 0 aliphatic carbocycles. The highest BCUT2D eigenvalue weighted by atomic mass is 16.1. The largest absolute Gasteiger partial charge is 0.364 e. The molecule has 0 saturated carbocycles. The van der Waals surface area contributed by atoms with Gasteiger partial charge in [-0.15, -0.1) is 0 Å². The Labute approximate surface area is 80.2 Å². The molecule has 2 rings (SSSR count). The van der Waals surface area contributed by atoms with Crippen molar-refractivity contribution in [2.45, 2.75) is 0 Å². The van der Waals surface area contributed by atoms with Crippen LogP contribution in [0.1, 0.15) is 10.5 Å². The Morgan fingerprint density at radius 1 is 1.50 bits per heavy atom. The molecule has 0 aliphatic rings. The van der Waals surface area contributed by atoms with Crippen molar-refractivity contribution in [3.05, 3.63) is 42.4 Å². The van der Waals surface area contributed by atoms with E-state index in [4.69, 9.17) is 5.73 Å². The van der Waals surface area contributed by atoms with Crippen molar-refractivity contribution in [1.29, 1.82) is 0 Å². The number of carbonyl (C=O) groups is 1. The summed E-state index contributed by atoms with van der Waals surface area (Å²) in [7, 11) is 0. The molecule has 2 aromatic heterocycles. The van der Waals surface area contributed by atoms with Crippen LogP contribution in [0.15, 0.2) is 30.6 Å². The predicted octanol–water partition coefficient (Wildman–Crippen LogP) is 0.166. The Kier molecular flexibility index (Phi) is 1.98. The lowest BCUT2D eigenvalue weighted by Crippen LogP contribution is -2.12. The number of amides is 1. The van der Waals surface area contributed by atoms with Gasteiger partial charge in [-0.25, -0.2) is 9.67 Å². The second-order valence-corrected chi connectivity index (χ2v) is 2.62. The Hall–Kier alpha value is -2.17. The van der Waals surface area contributed by atoms with Gasteiger partial charge in [-0.05, 0) is 12.1 Å². The number of hydrogen-bond acceptors (Lipinski definition) is 3. The Balaban J connectivity index is 2.39. The molecule has 0 saturated heterocycles. The fourth-order valence-electron chi connectivity index (χ4n) is 1.01. The molecule has 0 spiro atoms. The van der Waals surface area contributed by atoms with Gasteiger partial charge in [0.25, 0.3) is 5.91 Å². The van der Waals surface area contributed by atoms with E-state index in [2.05, 4.69) is 16.1 Å². The average molecular weight is 187 g/mol. The molecule has 0 unspecified atom stereocenters. The van der Waals surface area contributed by atoms with Crippen molar-refractivity contribution in [2.24, 2.45) is 5.73 Å². The zero-order chi connectivity index (χ0) is 9.97. The normalized spacial score (nSPS) is 10.0. The van der Waals surface area contributed by atoms with Gasteiger partial charge in [-0.3, -0.25) is 4.79 Å². The molecule has 2 heterocycles. The van der Waals surface area contributed by atoms with Gasteiger partial charge in [0, 0.05) is 18.5 Å². The molecule has 1 amide bonds. The SMILES string of the molecule is NC(=O)c1[c]cn(-c2ccccn2)n1. The van der Waals surface area contributed by atoms with Crippen molar-refractivity contribution < 1.29 is 4.79 Å². The van der Waals surface area contributed by atoms with Crippen LogP contribution >= 0.6 is 0 Å². The van der Waals surface area contributed by atoms with Crippen LogP contribution in [0.2, 0.25) is 0 Å². The molecule has 0 atom stereocenters. The first kappa shape index (κ1) is 8.43. The van der Waals surface area contributed by atoms with Gasteiger partial charge in [-0.2, -0.15) is 5.10 Å². The van der Waals surface area contributed by atoms with Crippen LogP contribution in [-0.4, -0.2) is 20.7 Å². The summed E-state index contributed by atoms with van der Waals surface area (Å²) < 4.78 is 1.44. The molecule has 69 valence electrons. The number of hydrogen-bond donors (Lipinski definition) is 1. The summed E-state index contributed by atoms with van der Waals surface area (Å²) in [6.07, 6.45) is 3.16. The lowest BCUT2D eigenvalue weighted by Gasteiger charge is -1.97. The molecular formula is C9H7N4O. The zero-order valence-electron chi connectivity index (χ0n) is 7.21. The van der Waals surface area contributed by atoms with Crippen molar-refractivity contribution in [2.75, 3.05) is 0 Å². The molecule has 0 aromatic carbocycles. The predicted molar refractivity (Wildman–Crippen MR) is 48.7 cm³/mol. The van der Waals surface area contributed by atoms with E-state index in [1.807, 2.05) is 6.07 Å². The van der Waals surface area contributed by atoms with Crippen molar-refractivity contribution in [3.63, 3.8) is 0 Å². The summed E-state index contributed by atoms with van der Waals surface area (Å²) >= 11 is 0. The highest BCUT2D eigenvalue weighted by Crippen LogP contribution is 2.02. The number of nitrogens with zero attached hydrogens (tertiary/aromatic N) is 3. The van der Waals surface area contributed by atoms with Crippen molar-refractivity contribution in [3.8, 4) is 5.82 Å². The van der Waals surface area contributed by atoms with Crippen LogP contribution in [-0.2, 0) is 0 Å². The summed E-state index contributed by atoms with van der Waals surface area (Å²) in [5.74, 6) is 0.0240. The maximum Gasteiger partial charge on any atom is 0.269 e. The van der Waals surface area contributed by atoms with Crippen LogP contribution in [0.5, 0.6) is 0 Å². The topological polar surface area (TPSA) is 73.8 Å². The monoisotopic (exact) mass is 187 g/mol. The van der Waals surface area contributed by atoms with E-state index < -0.39 is 5.91 Å². The van der Waals surface area contributed by atoms with E-state index in [9.17, 15) is 4.79 Å². The minimum atomic E-state index is -0.598. The fraction of sp³-hybridized carbons (Fsp3) is 0. The van der Waals surface area contributed by atoms with Gasteiger partial charge in [-0.1, -0.05) is 6.07 Å². The number of carbonyl (C=O) groups excluding carboxylic acids is 1. The molecule has 5 nitrogen and oxygen atoms in total. The summed E-state index contributed by atoms with van der Waals surface area (Å²) in [4.78, 5) is 14.8. The van der Waals surface area contributed by atoms with Gasteiger partial charge in [0.2, 0.25) is 0 Å². The molecule has 0 bridgehead atoms. The number of pyridine rings is 1. The summed E-state index contributed by atoms with van der Waals surface area (Å²) in [6, 6.07) is 8.04. The Morgan fingerprint density at radius 3 is 2.93 bits per heavy atom. The van der Waals surface area contributed by atoms with Crippen LogP contribution < -0.4 is 5.73 Å². The van der Waals surface area contributed by atoms with E-state index in [0.29, 0.717) is 5.82 Å². The first-order chi connectivity index (χ1) is 6.77.